The molecular weight excluding hydrogens is 572 g/mol. The van der Waals surface area contributed by atoms with Crippen molar-refractivity contribution in [1.82, 2.24) is 9.88 Å². The number of aromatic nitrogens is 1. The lowest BCUT2D eigenvalue weighted by Gasteiger charge is -2.32. The van der Waals surface area contributed by atoms with E-state index in [0.29, 0.717) is 41.7 Å². The van der Waals surface area contributed by atoms with Gasteiger partial charge < -0.3 is 34.1 Å². The molecule has 1 unspecified atom stereocenters. The van der Waals surface area contributed by atoms with Gasteiger partial charge in [0.05, 0.1) is 41.0 Å². The lowest BCUT2D eigenvalue weighted by molar-refractivity contribution is -0.139. The number of hydrogen-bond acceptors (Lipinski definition) is 8. The summed E-state index contributed by atoms with van der Waals surface area (Å²) in [5, 5.41) is 3.05. The maximum Gasteiger partial charge on any atom is 0.251 e. The molecule has 1 fully saturated rings. The Morgan fingerprint density at radius 2 is 1.56 bits per heavy atom. The Labute approximate surface area is 263 Å². The van der Waals surface area contributed by atoms with E-state index in [1.807, 2.05) is 60.7 Å². The predicted octanol–water partition coefficient (Wildman–Crippen LogP) is 4.90. The van der Waals surface area contributed by atoms with E-state index in [1.54, 1.807) is 35.5 Å². The molecule has 1 saturated heterocycles. The van der Waals surface area contributed by atoms with Gasteiger partial charge in [-0.1, -0.05) is 36.4 Å². The first-order valence-corrected chi connectivity index (χ1v) is 14.8. The maximum atomic E-state index is 14.4. The topological polar surface area (TPSA) is 102 Å². The summed E-state index contributed by atoms with van der Waals surface area (Å²) in [7, 11) is 4.54. The van der Waals surface area contributed by atoms with Gasteiger partial charge in [0.1, 0.15) is 6.04 Å². The van der Waals surface area contributed by atoms with Crippen LogP contribution in [0.25, 0.3) is 0 Å². The zero-order valence-corrected chi connectivity index (χ0v) is 25.8. The van der Waals surface area contributed by atoms with Gasteiger partial charge in [-0.25, -0.2) is 0 Å². The second-order valence-electron chi connectivity index (χ2n) is 10.5. The van der Waals surface area contributed by atoms with Gasteiger partial charge in [0.2, 0.25) is 11.7 Å². The van der Waals surface area contributed by atoms with Gasteiger partial charge in [0.25, 0.3) is 5.91 Å². The number of amides is 2. The average Bonchev–Trinajstić information content (AvgIpc) is 3.09. The van der Waals surface area contributed by atoms with Crippen LogP contribution >= 0.6 is 0 Å². The molecular formula is C35H38N4O6. The monoisotopic (exact) mass is 610 g/mol. The number of pyridine rings is 1. The molecule has 10 nitrogen and oxygen atoms in total. The van der Waals surface area contributed by atoms with Crippen molar-refractivity contribution >= 4 is 23.2 Å². The predicted molar refractivity (Wildman–Crippen MR) is 172 cm³/mol. The molecule has 0 saturated carbocycles. The number of anilines is 2. The standard InChI is InChI=1S/C35H38N4O6/c1-42-30-21-27(22-31(43-2)34(30)44-3)33(35(41)37-28-11-13-29(14-12-28)38-16-18-45-19-17-38)39(24-26-10-7-15-36-23-26)32(40)20-25-8-5-4-6-9-25/h4-15,21-23,33H,16-20,24H2,1-3H3,(H,37,41). The van der Waals surface area contributed by atoms with Crippen LogP contribution < -0.4 is 24.4 Å². The van der Waals surface area contributed by atoms with Gasteiger partial charge in [-0.2, -0.15) is 0 Å². The van der Waals surface area contributed by atoms with Crippen molar-refractivity contribution < 1.29 is 28.5 Å². The van der Waals surface area contributed by atoms with Gasteiger partial charge in [-0.3, -0.25) is 14.6 Å². The fourth-order valence-corrected chi connectivity index (χ4v) is 5.40. The van der Waals surface area contributed by atoms with Crippen LogP contribution in [-0.4, -0.2) is 69.3 Å². The van der Waals surface area contributed by atoms with Crippen LogP contribution in [0.4, 0.5) is 11.4 Å². The first kappa shape index (κ1) is 31.3. The second-order valence-corrected chi connectivity index (χ2v) is 10.5. The van der Waals surface area contributed by atoms with Crippen molar-refractivity contribution in [2.75, 3.05) is 57.8 Å². The molecule has 0 spiro atoms. The lowest BCUT2D eigenvalue weighted by Crippen LogP contribution is -2.41. The molecule has 3 aromatic carbocycles. The van der Waals surface area contributed by atoms with E-state index >= 15 is 0 Å². The van der Waals surface area contributed by atoms with Crippen LogP contribution in [0, 0.1) is 0 Å². The molecule has 0 aliphatic carbocycles. The molecule has 10 heteroatoms. The van der Waals surface area contributed by atoms with E-state index < -0.39 is 11.9 Å². The SMILES string of the molecule is COc1cc(C(C(=O)Nc2ccc(N3CCOCC3)cc2)N(Cc2cccnc2)C(=O)Cc2ccccc2)cc(OC)c1OC. The molecule has 0 bridgehead atoms. The largest absolute Gasteiger partial charge is 0.493 e. The van der Waals surface area contributed by atoms with Crippen LogP contribution in [0.15, 0.2) is 91.3 Å². The summed E-state index contributed by atoms with van der Waals surface area (Å²) in [6.07, 6.45) is 3.46. The van der Waals surface area contributed by atoms with Gasteiger partial charge in [-0.05, 0) is 59.2 Å². The molecule has 1 aliphatic rings. The molecule has 1 N–H and O–H groups in total. The zero-order chi connectivity index (χ0) is 31.6. The number of carbonyl (C=O) groups is 2. The summed E-state index contributed by atoms with van der Waals surface area (Å²) in [4.78, 5) is 36.6. The van der Waals surface area contributed by atoms with Crippen molar-refractivity contribution in [1.29, 1.82) is 0 Å². The highest BCUT2D eigenvalue weighted by atomic mass is 16.5. The van der Waals surface area contributed by atoms with Gasteiger partial charge in [0.15, 0.2) is 11.5 Å². The molecule has 1 aromatic heterocycles. The van der Waals surface area contributed by atoms with E-state index in [1.165, 1.54) is 21.3 Å². The summed E-state index contributed by atoms with van der Waals surface area (Å²) in [6, 6.07) is 23.2. The number of benzene rings is 3. The first-order chi connectivity index (χ1) is 22.0. The third-order valence-electron chi connectivity index (χ3n) is 7.67. The van der Waals surface area contributed by atoms with Crippen molar-refractivity contribution in [3.05, 3.63) is 108 Å². The van der Waals surface area contributed by atoms with Gasteiger partial charge in [-0.15, -0.1) is 0 Å². The summed E-state index contributed by atoms with van der Waals surface area (Å²) < 4.78 is 22.3. The third kappa shape index (κ3) is 7.71. The summed E-state index contributed by atoms with van der Waals surface area (Å²) >= 11 is 0. The fraction of sp³-hybridized carbons (Fsp3) is 0.286. The minimum Gasteiger partial charge on any atom is -0.493 e. The van der Waals surface area contributed by atoms with Crippen molar-refractivity contribution in [2.45, 2.75) is 19.0 Å². The number of methoxy groups -OCH3 is 3. The first-order valence-electron chi connectivity index (χ1n) is 14.8. The van der Waals surface area contributed by atoms with Crippen molar-refractivity contribution in [3.8, 4) is 17.2 Å². The maximum absolute atomic E-state index is 14.4. The summed E-state index contributed by atoms with van der Waals surface area (Å²) in [5.74, 6) is 0.499. The summed E-state index contributed by atoms with van der Waals surface area (Å²) in [6.45, 7) is 3.12. The number of hydrogen-bond donors (Lipinski definition) is 1. The van der Waals surface area contributed by atoms with Crippen LogP contribution in [0.2, 0.25) is 0 Å². The second kappa shape index (κ2) is 15.1. The molecule has 45 heavy (non-hydrogen) atoms. The molecule has 2 amide bonds. The number of ether oxygens (including phenoxy) is 4. The molecule has 0 radical (unpaired) electrons. The quantitative estimate of drug-likeness (QED) is 0.242. The van der Waals surface area contributed by atoms with Crippen LogP contribution in [0.5, 0.6) is 17.2 Å². The lowest BCUT2D eigenvalue weighted by atomic mass is 10.00. The highest BCUT2D eigenvalue weighted by Gasteiger charge is 2.34. The van der Waals surface area contributed by atoms with Crippen LogP contribution in [0.3, 0.4) is 0 Å². The summed E-state index contributed by atoms with van der Waals surface area (Å²) in [5.41, 5.74) is 3.76. The van der Waals surface area contributed by atoms with Crippen LogP contribution in [-0.2, 0) is 27.3 Å². The zero-order valence-electron chi connectivity index (χ0n) is 25.8. The molecule has 234 valence electrons. The van der Waals surface area contributed by atoms with Crippen LogP contribution in [0.1, 0.15) is 22.7 Å². The number of nitrogens with one attached hydrogen (secondary N) is 1. The number of rotatable bonds is 12. The average molecular weight is 611 g/mol. The smallest absolute Gasteiger partial charge is 0.251 e. The highest BCUT2D eigenvalue weighted by Crippen LogP contribution is 2.41. The van der Waals surface area contributed by atoms with E-state index in [0.717, 1.165) is 29.9 Å². The molecule has 5 rings (SSSR count). The van der Waals surface area contributed by atoms with E-state index in [-0.39, 0.29) is 18.9 Å². The third-order valence-corrected chi connectivity index (χ3v) is 7.67. The Balaban J connectivity index is 1.55. The number of nitrogens with zero attached hydrogens (tertiary/aromatic N) is 3. The molecule has 1 aliphatic heterocycles. The molecule has 1 atom stereocenters. The Morgan fingerprint density at radius 1 is 0.889 bits per heavy atom. The highest BCUT2D eigenvalue weighted by molar-refractivity contribution is 5.98. The Morgan fingerprint density at radius 3 is 2.16 bits per heavy atom. The fourth-order valence-electron chi connectivity index (χ4n) is 5.40. The van der Waals surface area contributed by atoms with Gasteiger partial charge in [0, 0.05) is 43.4 Å². The van der Waals surface area contributed by atoms with E-state index in [4.69, 9.17) is 18.9 Å². The Kier molecular flexibility index (Phi) is 10.5. The Hall–Kier alpha value is -5.09. The Bertz CT molecular complexity index is 1540. The number of carbonyl (C=O) groups excluding carboxylic acids is 2. The van der Waals surface area contributed by atoms with E-state index in [2.05, 4.69) is 15.2 Å². The number of morpholine rings is 1. The minimum absolute atomic E-state index is 0.101. The van der Waals surface area contributed by atoms with E-state index in [9.17, 15) is 9.59 Å². The van der Waals surface area contributed by atoms with Gasteiger partial charge >= 0.3 is 0 Å². The minimum atomic E-state index is -1.06. The van der Waals surface area contributed by atoms with Crippen molar-refractivity contribution in [2.24, 2.45) is 0 Å². The van der Waals surface area contributed by atoms with Crippen molar-refractivity contribution in [3.63, 3.8) is 0 Å². The normalized spacial score (nSPS) is 13.4. The molecule has 4 aromatic rings. The molecule has 2 heterocycles.